The monoisotopic (exact) mass is 329 g/mol. The van der Waals surface area contributed by atoms with Gasteiger partial charge in [-0.15, -0.1) is 12.4 Å². The molecule has 2 N–H and O–H groups in total. The summed E-state index contributed by atoms with van der Waals surface area (Å²) in [5.74, 6) is -0.0758. The van der Waals surface area contributed by atoms with E-state index in [2.05, 4.69) is 11.8 Å². The molecule has 4 nitrogen and oxygen atoms in total. The van der Waals surface area contributed by atoms with Gasteiger partial charge in [0, 0.05) is 44.7 Å². The minimum atomic E-state index is -0.204. The van der Waals surface area contributed by atoms with E-state index in [0.29, 0.717) is 19.5 Å². The van der Waals surface area contributed by atoms with Gasteiger partial charge in [-0.3, -0.25) is 9.69 Å². The maximum atomic E-state index is 13.3. The van der Waals surface area contributed by atoms with Crippen LogP contribution >= 0.6 is 12.4 Å². The first-order valence-electron chi connectivity index (χ1n) is 7.50. The second-order valence-corrected chi connectivity index (χ2v) is 5.83. The van der Waals surface area contributed by atoms with Gasteiger partial charge in [0.15, 0.2) is 0 Å². The van der Waals surface area contributed by atoms with Crippen LogP contribution in [0.4, 0.5) is 4.39 Å². The van der Waals surface area contributed by atoms with Crippen LogP contribution in [0.3, 0.4) is 0 Å². The summed E-state index contributed by atoms with van der Waals surface area (Å²) in [5, 5.41) is 0. The summed E-state index contributed by atoms with van der Waals surface area (Å²) in [4.78, 5) is 16.1. The molecule has 0 spiro atoms. The number of piperazine rings is 1. The molecule has 1 aliphatic heterocycles. The van der Waals surface area contributed by atoms with Crippen LogP contribution < -0.4 is 5.73 Å². The second-order valence-electron chi connectivity index (χ2n) is 5.83. The molecule has 2 unspecified atom stereocenters. The molecule has 1 aromatic rings. The highest BCUT2D eigenvalue weighted by atomic mass is 35.5. The molecule has 2 rings (SSSR count). The maximum Gasteiger partial charge on any atom is 0.224 e. The quantitative estimate of drug-likeness (QED) is 0.921. The minimum Gasteiger partial charge on any atom is -0.340 e. The zero-order valence-corrected chi connectivity index (χ0v) is 14.0. The average molecular weight is 330 g/mol. The fourth-order valence-corrected chi connectivity index (χ4v) is 2.74. The van der Waals surface area contributed by atoms with E-state index in [0.717, 1.165) is 18.7 Å². The number of rotatable bonds is 4. The highest BCUT2D eigenvalue weighted by Gasteiger charge is 2.25. The predicted octanol–water partition coefficient (Wildman–Crippen LogP) is 2.19. The molecule has 1 fully saturated rings. The molecular weight excluding hydrogens is 305 g/mol. The Hall–Kier alpha value is -1.17. The fraction of sp³-hybridized carbons (Fsp3) is 0.562. The first-order chi connectivity index (χ1) is 9.97. The molecule has 0 bridgehead atoms. The van der Waals surface area contributed by atoms with Gasteiger partial charge >= 0.3 is 0 Å². The first-order valence-corrected chi connectivity index (χ1v) is 7.50. The molecule has 2 atom stereocenters. The number of hydrogen-bond donors (Lipinski definition) is 1. The third-order valence-corrected chi connectivity index (χ3v) is 4.04. The number of nitrogens with two attached hydrogens (primary N) is 1. The predicted molar refractivity (Wildman–Crippen MR) is 88.5 cm³/mol. The van der Waals surface area contributed by atoms with Gasteiger partial charge in [0.1, 0.15) is 5.82 Å². The third-order valence-electron chi connectivity index (χ3n) is 4.04. The van der Waals surface area contributed by atoms with E-state index in [-0.39, 0.29) is 36.2 Å². The van der Waals surface area contributed by atoms with Crippen molar-refractivity contribution in [3.8, 4) is 0 Å². The number of carbonyl (C=O) groups is 1. The van der Waals surface area contributed by atoms with Crippen molar-refractivity contribution in [1.82, 2.24) is 9.80 Å². The number of halogens is 2. The van der Waals surface area contributed by atoms with Crippen LogP contribution in [0.5, 0.6) is 0 Å². The number of benzene rings is 1. The maximum absolute atomic E-state index is 13.3. The van der Waals surface area contributed by atoms with Gasteiger partial charge in [0.2, 0.25) is 5.91 Å². The minimum absolute atomic E-state index is 0. The number of nitrogens with zero attached hydrogens (tertiary/aromatic N) is 2. The van der Waals surface area contributed by atoms with Crippen molar-refractivity contribution < 1.29 is 9.18 Å². The molecule has 0 aliphatic carbocycles. The normalized spacial score (nSPS) is 18.5. The molecule has 124 valence electrons. The van der Waals surface area contributed by atoms with E-state index >= 15 is 0 Å². The Morgan fingerprint density at radius 1 is 1.27 bits per heavy atom. The molecule has 1 amide bonds. The van der Waals surface area contributed by atoms with Gasteiger partial charge in [0.25, 0.3) is 0 Å². The van der Waals surface area contributed by atoms with Crippen LogP contribution in [0.1, 0.15) is 31.9 Å². The fourth-order valence-electron chi connectivity index (χ4n) is 2.74. The molecule has 22 heavy (non-hydrogen) atoms. The van der Waals surface area contributed by atoms with Crippen LogP contribution in [0.2, 0.25) is 0 Å². The van der Waals surface area contributed by atoms with Crippen molar-refractivity contribution in [2.24, 2.45) is 5.73 Å². The van der Waals surface area contributed by atoms with E-state index < -0.39 is 0 Å². The van der Waals surface area contributed by atoms with Crippen LogP contribution in [-0.2, 0) is 4.79 Å². The van der Waals surface area contributed by atoms with Gasteiger partial charge < -0.3 is 10.6 Å². The molecule has 1 heterocycles. The van der Waals surface area contributed by atoms with Crippen molar-refractivity contribution in [2.75, 3.05) is 26.2 Å². The highest BCUT2D eigenvalue weighted by Crippen LogP contribution is 2.22. The lowest BCUT2D eigenvalue weighted by molar-refractivity contribution is -0.133. The Bertz CT molecular complexity index is 490. The molecule has 0 radical (unpaired) electrons. The first kappa shape index (κ1) is 18.9. The van der Waals surface area contributed by atoms with Gasteiger partial charge in [0.05, 0.1) is 0 Å². The lowest BCUT2D eigenvalue weighted by Crippen LogP contribution is -2.50. The topological polar surface area (TPSA) is 49.6 Å². The highest BCUT2D eigenvalue weighted by molar-refractivity contribution is 5.85. The molecule has 6 heteroatoms. The Balaban J connectivity index is 0.00000242. The molecule has 0 aromatic heterocycles. The molecule has 1 saturated heterocycles. The largest absolute Gasteiger partial charge is 0.340 e. The average Bonchev–Trinajstić information content (AvgIpc) is 2.46. The summed E-state index contributed by atoms with van der Waals surface area (Å²) in [7, 11) is 0. The summed E-state index contributed by atoms with van der Waals surface area (Å²) in [6.45, 7) is 6.97. The van der Waals surface area contributed by atoms with Crippen molar-refractivity contribution in [1.29, 1.82) is 0 Å². The van der Waals surface area contributed by atoms with Gasteiger partial charge in [-0.1, -0.05) is 12.1 Å². The van der Waals surface area contributed by atoms with Crippen molar-refractivity contribution in [3.63, 3.8) is 0 Å². The number of amides is 1. The van der Waals surface area contributed by atoms with E-state index in [9.17, 15) is 9.18 Å². The lowest BCUT2D eigenvalue weighted by atomic mass is 10.1. The standard InChI is InChI=1S/C16H24FN3O.ClH/c1-12(18)10-16(21)20-8-6-19(7-9-20)13(2)14-4-3-5-15(17)11-14;/h3-5,11-13H,6-10,18H2,1-2H3;1H. The smallest absolute Gasteiger partial charge is 0.224 e. The van der Waals surface area contributed by atoms with E-state index in [1.165, 1.54) is 6.07 Å². The van der Waals surface area contributed by atoms with Gasteiger partial charge in [-0.2, -0.15) is 0 Å². The van der Waals surface area contributed by atoms with Crippen LogP contribution in [0, 0.1) is 5.82 Å². The summed E-state index contributed by atoms with van der Waals surface area (Å²) in [6.07, 6.45) is 0.402. The van der Waals surface area contributed by atoms with Crippen LogP contribution in [-0.4, -0.2) is 47.9 Å². The summed E-state index contributed by atoms with van der Waals surface area (Å²) < 4.78 is 13.3. The zero-order chi connectivity index (χ0) is 15.4. The van der Waals surface area contributed by atoms with Crippen LogP contribution in [0.15, 0.2) is 24.3 Å². The Morgan fingerprint density at radius 3 is 2.45 bits per heavy atom. The molecule has 0 saturated carbocycles. The number of carbonyl (C=O) groups excluding carboxylic acids is 1. The molecule has 1 aliphatic rings. The SMILES string of the molecule is CC(N)CC(=O)N1CCN(C(C)c2cccc(F)c2)CC1.Cl. The van der Waals surface area contributed by atoms with Gasteiger partial charge in [-0.25, -0.2) is 4.39 Å². The van der Waals surface area contributed by atoms with Crippen molar-refractivity contribution in [2.45, 2.75) is 32.4 Å². The van der Waals surface area contributed by atoms with E-state index in [1.54, 1.807) is 12.1 Å². The Kier molecular flexibility index (Phi) is 7.26. The van der Waals surface area contributed by atoms with E-state index in [1.807, 2.05) is 17.9 Å². The summed E-state index contributed by atoms with van der Waals surface area (Å²) in [6, 6.07) is 6.79. The van der Waals surface area contributed by atoms with Crippen molar-refractivity contribution >= 4 is 18.3 Å². The number of hydrogen-bond acceptors (Lipinski definition) is 3. The molecular formula is C16H25ClFN3O. The summed E-state index contributed by atoms with van der Waals surface area (Å²) >= 11 is 0. The Morgan fingerprint density at radius 2 is 1.91 bits per heavy atom. The second kappa shape index (κ2) is 8.46. The Labute approximate surface area is 137 Å². The van der Waals surface area contributed by atoms with Crippen molar-refractivity contribution in [3.05, 3.63) is 35.6 Å². The van der Waals surface area contributed by atoms with Crippen LogP contribution in [0.25, 0.3) is 0 Å². The molecule has 1 aromatic carbocycles. The lowest BCUT2D eigenvalue weighted by Gasteiger charge is -2.38. The van der Waals surface area contributed by atoms with E-state index in [4.69, 9.17) is 5.73 Å². The summed E-state index contributed by atoms with van der Waals surface area (Å²) in [5.41, 5.74) is 6.65. The van der Waals surface area contributed by atoms with Gasteiger partial charge in [-0.05, 0) is 31.5 Å². The zero-order valence-electron chi connectivity index (χ0n) is 13.2. The third kappa shape index (κ3) is 4.93.